The van der Waals surface area contributed by atoms with Crippen LogP contribution in [0.5, 0.6) is 5.75 Å². The van der Waals surface area contributed by atoms with Crippen LogP contribution in [-0.2, 0) is 0 Å². The lowest BCUT2D eigenvalue weighted by atomic mass is 10.3. The number of halogens is 2. The van der Waals surface area contributed by atoms with Crippen LogP contribution in [0.3, 0.4) is 0 Å². The fraction of sp³-hybridized carbons (Fsp3) is 0.294. The minimum atomic E-state index is -2.82. The summed E-state index contributed by atoms with van der Waals surface area (Å²) in [4.78, 5) is 8.66. The van der Waals surface area contributed by atoms with Crippen LogP contribution in [0.1, 0.15) is 0 Å². The van der Waals surface area contributed by atoms with E-state index in [2.05, 4.69) is 24.8 Å². The van der Waals surface area contributed by atoms with E-state index in [0.717, 1.165) is 37.7 Å². The van der Waals surface area contributed by atoms with Crippen LogP contribution in [0.25, 0.3) is 0 Å². The quantitative estimate of drug-likeness (QED) is 0.841. The van der Waals surface area contributed by atoms with E-state index >= 15 is 0 Å². The van der Waals surface area contributed by atoms with E-state index < -0.39 is 6.61 Å². The van der Waals surface area contributed by atoms with Gasteiger partial charge in [-0.25, -0.2) is 4.98 Å². The first-order chi connectivity index (χ1) is 12.1. The van der Waals surface area contributed by atoms with Crippen molar-refractivity contribution in [2.45, 2.75) is 6.61 Å². The van der Waals surface area contributed by atoms with E-state index in [1.54, 1.807) is 18.3 Å². The number of rotatable bonds is 4. The van der Waals surface area contributed by atoms with Gasteiger partial charge in [0.05, 0.1) is 0 Å². The van der Waals surface area contributed by atoms with Crippen LogP contribution in [-0.4, -0.2) is 47.8 Å². The smallest absolute Gasteiger partial charge is 0.387 e. The van der Waals surface area contributed by atoms with Crippen LogP contribution in [0.2, 0.25) is 0 Å². The molecule has 1 N–H and O–H groups in total. The Morgan fingerprint density at radius 1 is 1.08 bits per heavy atom. The Morgan fingerprint density at radius 3 is 2.40 bits per heavy atom. The van der Waals surface area contributed by atoms with Gasteiger partial charge in [0.2, 0.25) is 0 Å². The Labute approximate surface area is 150 Å². The van der Waals surface area contributed by atoms with Crippen molar-refractivity contribution in [3.8, 4) is 5.75 Å². The molecule has 1 aliphatic rings. The maximum Gasteiger partial charge on any atom is 0.387 e. The van der Waals surface area contributed by atoms with Gasteiger partial charge in [0.25, 0.3) is 0 Å². The number of aromatic nitrogens is 1. The summed E-state index contributed by atoms with van der Waals surface area (Å²) < 4.78 is 28.6. The lowest BCUT2D eigenvalue weighted by Gasteiger charge is -2.36. The Kier molecular flexibility index (Phi) is 5.60. The summed E-state index contributed by atoms with van der Waals surface area (Å²) in [7, 11) is 0. The molecule has 0 radical (unpaired) electrons. The summed E-state index contributed by atoms with van der Waals surface area (Å²) in [6.07, 6.45) is 1.79. The Hall–Kier alpha value is -2.48. The zero-order chi connectivity index (χ0) is 17.6. The van der Waals surface area contributed by atoms with Gasteiger partial charge in [0.15, 0.2) is 5.11 Å². The van der Waals surface area contributed by atoms with Crippen LogP contribution >= 0.6 is 12.2 Å². The van der Waals surface area contributed by atoms with Gasteiger partial charge in [0.1, 0.15) is 11.6 Å². The highest BCUT2D eigenvalue weighted by molar-refractivity contribution is 7.80. The van der Waals surface area contributed by atoms with Crippen molar-refractivity contribution in [1.29, 1.82) is 0 Å². The van der Waals surface area contributed by atoms with E-state index in [1.165, 1.54) is 12.1 Å². The summed E-state index contributed by atoms with van der Waals surface area (Å²) in [5.41, 5.74) is 0.735. The third-order valence-corrected chi connectivity index (χ3v) is 4.23. The van der Waals surface area contributed by atoms with Gasteiger partial charge < -0.3 is 19.9 Å². The predicted octanol–water partition coefficient (Wildman–Crippen LogP) is 3.20. The molecular weight excluding hydrogens is 346 g/mol. The Bertz CT molecular complexity index is 692. The zero-order valence-electron chi connectivity index (χ0n) is 13.4. The molecule has 3 rings (SSSR count). The van der Waals surface area contributed by atoms with E-state index in [4.69, 9.17) is 12.2 Å². The van der Waals surface area contributed by atoms with E-state index in [-0.39, 0.29) is 5.75 Å². The molecule has 1 aromatic carbocycles. The van der Waals surface area contributed by atoms with E-state index in [9.17, 15) is 8.78 Å². The normalized spacial score (nSPS) is 14.5. The second kappa shape index (κ2) is 8.06. The number of nitrogens with one attached hydrogen (secondary N) is 1. The number of pyridine rings is 1. The number of nitrogens with zero attached hydrogens (tertiary/aromatic N) is 3. The monoisotopic (exact) mass is 364 g/mol. The van der Waals surface area contributed by atoms with Gasteiger partial charge in [-0.05, 0) is 48.6 Å². The average Bonchev–Trinajstić information content (AvgIpc) is 2.64. The lowest BCUT2D eigenvalue weighted by molar-refractivity contribution is -0.0498. The van der Waals surface area contributed by atoms with Gasteiger partial charge in [-0.1, -0.05) is 6.07 Å². The molecule has 0 bridgehead atoms. The number of hydrogen-bond acceptors (Lipinski definition) is 4. The summed E-state index contributed by atoms with van der Waals surface area (Å²) in [6.45, 7) is 0.416. The lowest BCUT2D eigenvalue weighted by Crippen LogP contribution is -2.50. The van der Waals surface area contributed by atoms with Crippen molar-refractivity contribution in [3.63, 3.8) is 0 Å². The van der Waals surface area contributed by atoms with Crippen LogP contribution in [0.4, 0.5) is 20.3 Å². The second-order valence-electron chi connectivity index (χ2n) is 5.50. The average molecular weight is 364 g/mol. The Morgan fingerprint density at radius 2 is 1.80 bits per heavy atom. The fourth-order valence-corrected chi connectivity index (χ4v) is 2.90. The van der Waals surface area contributed by atoms with E-state index in [1.807, 2.05) is 18.2 Å². The number of hydrogen-bond donors (Lipinski definition) is 1. The molecule has 1 aliphatic heterocycles. The largest absolute Gasteiger partial charge is 0.435 e. The molecule has 0 spiro atoms. The molecule has 1 aromatic heterocycles. The molecular formula is C17H18F2N4OS. The highest BCUT2D eigenvalue weighted by Crippen LogP contribution is 2.19. The van der Waals surface area contributed by atoms with Crippen LogP contribution in [0, 0.1) is 0 Å². The van der Waals surface area contributed by atoms with Gasteiger partial charge in [0, 0.05) is 38.1 Å². The van der Waals surface area contributed by atoms with Crippen LogP contribution in [0.15, 0.2) is 48.7 Å². The maximum absolute atomic E-state index is 12.2. The molecule has 2 aromatic rings. The first kappa shape index (κ1) is 17.3. The standard InChI is InChI=1S/C17H18F2N4OS/c18-16(19)24-14-6-4-13(5-7-14)21-17(25)23-11-9-22(10-12-23)15-3-1-2-8-20-15/h1-8,16H,9-12H2,(H,21,25). The summed E-state index contributed by atoms with van der Waals surface area (Å²) >= 11 is 5.44. The molecule has 2 heterocycles. The molecule has 0 aliphatic carbocycles. The molecule has 1 saturated heterocycles. The number of thiocarbonyl (C=S) groups is 1. The Balaban J connectivity index is 1.51. The molecule has 132 valence electrons. The first-order valence-electron chi connectivity index (χ1n) is 7.88. The van der Waals surface area contributed by atoms with Crippen molar-refractivity contribution >= 4 is 28.8 Å². The summed E-state index contributed by atoms with van der Waals surface area (Å²) in [5.74, 6) is 1.09. The van der Waals surface area contributed by atoms with Gasteiger partial charge in [-0.2, -0.15) is 8.78 Å². The van der Waals surface area contributed by atoms with Crippen LogP contribution < -0.4 is 15.0 Å². The van der Waals surface area contributed by atoms with Crippen molar-refractivity contribution in [3.05, 3.63) is 48.7 Å². The minimum Gasteiger partial charge on any atom is -0.435 e. The number of anilines is 2. The number of benzene rings is 1. The number of ether oxygens (including phenoxy) is 1. The highest BCUT2D eigenvalue weighted by atomic mass is 32.1. The highest BCUT2D eigenvalue weighted by Gasteiger charge is 2.19. The minimum absolute atomic E-state index is 0.121. The third-order valence-electron chi connectivity index (χ3n) is 3.87. The maximum atomic E-state index is 12.2. The fourth-order valence-electron chi connectivity index (χ4n) is 2.60. The molecule has 5 nitrogen and oxygen atoms in total. The van der Waals surface area contributed by atoms with Gasteiger partial charge >= 0.3 is 6.61 Å². The van der Waals surface area contributed by atoms with Gasteiger partial charge in [-0.15, -0.1) is 0 Å². The zero-order valence-corrected chi connectivity index (χ0v) is 14.3. The van der Waals surface area contributed by atoms with Crippen molar-refractivity contribution in [2.75, 3.05) is 36.4 Å². The molecule has 0 amide bonds. The number of piperazine rings is 1. The van der Waals surface area contributed by atoms with Crippen molar-refractivity contribution in [1.82, 2.24) is 9.88 Å². The SMILES string of the molecule is FC(F)Oc1ccc(NC(=S)N2CCN(c3ccccn3)CC2)cc1. The molecule has 1 fully saturated rings. The van der Waals surface area contributed by atoms with Crippen molar-refractivity contribution < 1.29 is 13.5 Å². The second-order valence-corrected chi connectivity index (χ2v) is 5.88. The molecule has 0 atom stereocenters. The topological polar surface area (TPSA) is 40.6 Å². The first-order valence-corrected chi connectivity index (χ1v) is 8.29. The van der Waals surface area contributed by atoms with E-state index in [0.29, 0.717) is 5.11 Å². The number of alkyl halides is 2. The van der Waals surface area contributed by atoms with Crippen molar-refractivity contribution in [2.24, 2.45) is 0 Å². The molecule has 25 heavy (non-hydrogen) atoms. The summed E-state index contributed by atoms with van der Waals surface area (Å²) in [5, 5.41) is 3.74. The van der Waals surface area contributed by atoms with Gasteiger partial charge in [-0.3, -0.25) is 0 Å². The third kappa shape index (κ3) is 4.76. The molecule has 0 unspecified atom stereocenters. The molecule has 8 heteroatoms. The summed E-state index contributed by atoms with van der Waals surface area (Å²) in [6, 6.07) is 12.2. The predicted molar refractivity (Wildman–Crippen MR) is 97.3 cm³/mol. The molecule has 0 saturated carbocycles.